The summed E-state index contributed by atoms with van der Waals surface area (Å²) >= 11 is 0. The molecule has 2 fully saturated rings. The summed E-state index contributed by atoms with van der Waals surface area (Å²) in [7, 11) is 0. The van der Waals surface area contributed by atoms with E-state index in [0.29, 0.717) is 11.5 Å². The number of nitrogens with one attached hydrogen (secondary N) is 1. The lowest BCUT2D eigenvalue weighted by molar-refractivity contribution is 0.0779. The molecule has 1 N–H and O–H groups in total. The van der Waals surface area contributed by atoms with E-state index in [9.17, 15) is 0 Å². The normalized spacial score (nSPS) is 37.0. The largest absolute Gasteiger partial charge is 0.313 e. The summed E-state index contributed by atoms with van der Waals surface area (Å²) in [5.41, 5.74) is 0.474. The Labute approximate surface area is 114 Å². The van der Waals surface area contributed by atoms with Crippen LogP contribution in [0.2, 0.25) is 0 Å². The van der Waals surface area contributed by atoms with Gasteiger partial charge in [0.05, 0.1) is 0 Å². The van der Waals surface area contributed by atoms with E-state index in [0.717, 1.165) is 18.5 Å². The summed E-state index contributed by atoms with van der Waals surface area (Å²) in [5, 5.41) is 3.79. The summed E-state index contributed by atoms with van der Waals surface area (Å²) in [6, 6.07) is 1.53. The summed E-state index contributed by atoms with van der Waals surface area (Å²) < 4.78 is 0. The molecule has 3 unspecified atom stereocenters. The molecule has 3 atom stereocenters. The highest BCUT2D eigenvalue weighted by Gasteiger charge is 2.39. The molecule has 1 saturated heterocycles. The molecule has 2 nitrogen and oxygen atoms in total. The minimum absolute atomic E-state index is 0.474. The highest BCUT2D eigenvalue weighted by Crippen LogP contribution is 2.39. The first-order valence-corrected chi connectivity index (χ1v) is 8.02. The van der Waals surface area contributed by atoms with Crippen molar-refractivity contribution < 1.29 is 0 Å². The first-order valence-electron chi connectivity index (χ1n) is 8.02. The van der Waals surface area contributed by atoms with Gasteiger partial charge in [-0.05, 0) is 57.0 Å². The van der Waals surface area contributed by atoms with Gasteiger partial charge < -0.3 is 10.2 Å². The zero-order chi connectivity index (χ0) is 13.2. The summed E-state index contributed by atoms with van der Waals surface area (Å²) in [5.74, 6) is 0.856. The van der Waals surface area contributed by atoms with Gasteiger partial charge in [-0.1, -0.05) is 27.2 Å². The molecule has 1 heterocycles. The molecule has 0 spiro atoms. The number of hydrogen-bond donors (Lipinski definition) is 1. The van der Waals surface area contributed by atoms with Crippen LogP contribution in [0.25, 0.3) is 0 Å². The van der Waals surface area contributed by atoms with E-state index >= 15 is 0 Å². The molecule has 0 bridgehead atoms. The molecule has 0 radical (unpaired) electrons. The second-order valence-corrected chi connectivity index (χ2v) is 7.16. The van der Waals surface area contributed by atoms with Crippen LogP contribution in [0.4, 0.5) is 0 Å². The van der Waals surface area contributed by atoms with E-state index in [4.69, 9.17) is 0 Å². The molecule has 1 aliphatic heterocycles. The average molecular weight is 252 g/mol. The van der Waals surface area contributed by atoms with E-state index in [1.165, 1.54) is 45.2 Å². The predicted octanol–water partition coefficient (Wildman–Crippen LogP) is 3.28. The fourth-order valence-electron chi connectivity index (χ4n) is 4.20. The molecular weight excluding hydrogens is 220 g/mol. The molecule has 2 aliphatic rings. The summed E-state index contributed by atoms with van der Waals surface area (Å²) in [6.45, 7) is 13.3. The van der Waals surface area contributed by atoms with Gasteiger partial charge in [0.25, 0.3) is 0 Å². The average Bonchev–Trinajstić information content (AvgIpc) is 2.69. The highest BCUT2D eigenvalue weighted by molar-refractivity contribution is 4.95. The first-order chi connectivity index (χ1) is 8.54. The molecule has 18 heavy (non-hydrogen) atoms. The Morgan fingerprint density at radius 1 is 1.22 bits per heavy atom. The summed E-state index contributed by atoms with van der Waals surface area (Å²) in [6.07, 6.45) is 7.04. The van der Waals surface area contributed by atoms with Crippen molar-refractivity contribution in [2.75, 3.05) is 19.6 Å². The van der Waals surface area contributed by atoms with Gasteiger partial charge in [0.2, 0.25) is 0 Å². The Morgan fingerprint density at radius 3 is 2.61 bits per heavy atom. The van der Waals surface area contributed by atoms with Gasteiger partial charge in [0.1, 0.15) is 0 Å². The van der Waals surface area contributed by atoms with Crippen molar-refractivity contribution in [3.05, 3.63) is 0 Å². The Bertz CT molecular complexity index is 262. The second-order valence-electron chi connectivity index (χ2n) is 7.16. The Kier molecular flexibility index (Phi) is 4.71. The number of hydrogen-bond acceptors (Lipinski definition) is 2. The predicted molar refractivity (Wildman–Crippen MR) is 78.9 cm³/mol. The fourth-order valence-corrected chi connectivity index (χ4v) is 4.20. The minimum atomic E-state index is 0.474. The zero-order valence-corrected chi connectivity index (χ0v) is 12.8. The maximum atomic E-state index is 3.79. The molecular formula is C16H32N2. The van der Waals surface area contributed by atoms with E-state index in [-0.39, 0.29) is 0 Å². The lowest BCUT2D eigenvalue weighted by atomic mass is 9.67. The molecule has 2 rings (SSSR count). The summed E-state index contributed by atoms with van der Waals surface area (Å²) in [4.78, 5) is 2.73. The van der Waals surface area contributed by atoms with E-state index in [1.54, 1.807) is 0 Å². The van der Waals surface area contributed by atoms with Crippen molar-refractivity contribution in [2.24, 2.45) is 11.3 Å². The van der Waals surface area contributed by atoms with E-state index in [2.05, 4.69) is 37.9 Å². The molecule has 106 valence electrons. The molecule has 1 saturated carbocycles. The maximum absolute atomic E-state index is 3.79. The van der Waals surface area contributed by atoms with Gasteiger partial charge in [0.15, 0.2) is 0 Å². The molecule has 0 aromatic carbocycles. The van der Waals surface area contributed by atoms with Crippen LogP contribution in [0.1, 0.15) is 59.8 Å². The van der Waals surface area contributed by atoms with Crippen molar-refractivity contribution in [3.8, 4) is 0 Å². The van der Waals surface area contributed by atoms with Gasteiger partial charge in [-0.15, -0.1) is 0 Å². The van der Waals surface area contributed by atoms with Crippen LogP contribution in [0.15, 0.2) is 0 Å². The third kappa shape index (κ3) is 3.08. The fraction of sp³-hybridized carbons (Fsp3) is 1.00. The van der Waals surface area contributed by atoms with Crippen LogP contribution < -0.4 is 5.32 Å². The minimum Gasteiger partial charge on any atom is -0.313 e. The third-order valence-corrected chi connectivity index (χ3v) is 5.29. The van der Waals surface area contributed by atoms with Crippen LogP contribution in [-0.4, -0.2) is 36.6 Å². The van der Waals surface area contributed by atoms with Crippen LogP contribution >= 0.6 is 0 Å². The lowest BCUT2D eigenvalue weighted by Crippen LogP contribution is -2.53. The topological polar surface area (TPSA) is 15.3 Å². The van der Waals surface area contributed by atoms with Crippen molar-refractivity contribution in [1.29, 1.82) is 0 Å². The van der Waals surface area contributed by atoms with Gasteiger partial charge in [-0.25, -0.2) is 0 Å². The van der Waals surface area contributed by atoms with Crippen LogP contribution in [0.5, 0.6) is 0 Å². The van der Waals surface area contributed by atoms with Gasteiger partial charge in [-0.2, -0.15) is 0 Å². The second kappa shape index (κ2) is 5.92. The number of likely N-dealkylation sites (tertiary alicyclic amines) is 1. The first kappa shape index (κ1) is 14.3. The Hall–Kier alpha value is -0.0800. The van der Waals surface area contributed by atoms with Gasteiger partial charge in [-0.3, -0.25) is 0 Å². The van der Waals surface area contributed by atoms with Crippen molar-refractivity contribution >= 4 is 0 Å². The van der Waals surface area contributed by atoms with Gasteiger partial charge >= 0.3 is 0 Å². The van der Waals surface area contributed by atoms with E-state index in [1.807, 2.05) is 0 Å². The molecule has 0 amide bonds. The highest BCUT2D eigenvalue weighted by atomic mass is 15.2. The monoisotopic (exact) mass is 252 g/mol. The van der Waals surface area contributed by atoms with Crippen molar-refractivity contribution in [2.45, 2.75) is 71.9 Å². The van der Waals surface area contributed by atoms with Crippen molar-refractivity contribution in [3.63, 3.8) is 0 Å². The Balaban J connectivity index is 1.99. The third-order valence-electron chi connectivity index (χ3n) is 5.29. The molecule has 1 aliphatic carbocycles. The van der Waals surface area contributed by atoms with Crippen LogP contribution in [0.3, 0.4) is 0 Å². The molecule has 0 aromatic rings. The standard InChI is InChI=1S/C16H32N2/c1-5-17-15-14(9-6-10-16(15,3)4)12-18-11-7-8-13(18)2/h13-15,17H,5-12H2,1-4H3. The van der Waals surface area contributed by atoms with Crippen LogP contribution in [-0.2, 0) is 0 Å². The quantitative estimate of drug-likeness (QED) is 0.826. The van der Waals surface area contributed by atoms with Crippen LogP contribution in [0, 0.1) is 11.3 Å². The smallest absolute Gasteiger partial charge is 0.0159 e. The molecule has 2 heteroatoms. The molecule has 0 aromatic heterocycles. The number of rotatable bonds is 4. The van der Waals surface area contributed by atoms with E-state index < -0.39 is 0 Å². The zero-order valence-electron chi connectivity index (χ0n) is 12.8. The SMILES string of the molecule is CCNC1C(CN2CCCC2C)CCCC1(C)C. The Morgan fingerprint density at radius 2 is 2.00 bits per heavy atom. The van der Waals surface area contributed by atoms with Crippen molar-refractivity contribution in [1.82, 2.24) is 10.2 Å². The van der Waals surface area contributed by atoms with Gasteiger partial charge in [0, 0.05) is 18.6 Å². The number of nitrogens with zero attached hydrogens (tertiary/aromatic N) is 1. The lowest BCUT2D eigenvalue weighted by Gasteiger charge is -2.46. The maximum Gasteiger partial charge on any atom is 0.0159 e.